The topological polar surface area (TPSA) is 45.4 Å². The van der Waals surface area contributed by atoms with Crippen molar-refractivity contribution in [3.05, 3.63) is 0 Å². The first kappa shape index (κ1) is 15.2. The standard InChI is InChI=1S/C14H26N2OSi/c1-18(2,3)17-16-12-14-9-7-5-4-6-8-13(10-14)11-15/h12-14H,4-10H2,1-3H3. The fraction of sp³-hybridized carbons (Fsp3) is 0.857. The predicted molar refractivity (Wildman–Crippen MR) is 77.8 cm³/mol. The van der Waals surface area contributed by atoms with Gasteiger partial charge in [0, 0.05) is 12.1 Å². The SMILES string of the molecule is C[Si](C)(C)ON=CC1CCCCCCC(C#N)C1. The zero-order valence-electron chi connectivity index (χ0n) is 12.0. The van der Waals surface area contributed by atoms with Gasteiger partial charge in [0.25, 0.3) is 8.32 Å². The van der Waals surface area contributed by atoms with Gasteiger partial charge in [-0.3, -0.25) is 0 Å². The predicted octanol–water partition coefficient (Wildman–Crippen LogP) is 4.32. The Morgan fingerprint density at radius 3 is 2.44 bits per heavy atom. The lowest BCUT2D eigenvalue weighted by atomic mass is 9.91. The molecule has 1 fully saturated rings. The molecular weight excluding hydrogens is 240 g/mol. The molecule has 0 aromatic heterocycles. The molecule has 0 aliphatic heterocycles. The van der Waals surface area contributed by atoms with E-state index in [-0.39, 0.29) is 5.92 Å². The van der Waals surface area contributed by atoms with E-state index in [1.165, 1.54) is 25.7 Å². The summed E-state index contributed by atoms with van der Waals surface area (Å²) in [5.74, 6) is 0.621. The smallest absolute Gasteiger partial charge is 0.278 e. The van der Waals surface area contributed by atoms with Gasteiger partial charge in [0.05, 0.1) is 6.07 Å². The summed E-state index contributed by atoms with van der Waals surface area (Å²) in [4.78, 5) is 0. The van der Waals surface area contributed by atoms with Crippen molar-refractivity contribution in [3.63, 3.8) is 0 Å². The highest BCUT2D eigenvalue weighted by atomic mass is 28.4. The third-order valence-electron chi connectivity index (χ3n) is 3.25. The zero-order valence-corrected chi connectivity index (χ0v) is 13.0. The summed E-state index contributed by atoms with van der Waals surface area (Å²) in [6, 6.07) is 2.44. The van der Waals surface area contributed by atoms with Crippen molar-refractivity contribution in [1.29, 1.82) is 5.26 Å². The first-order valence-corrected chi connectivity index (χ1v) is 10.5. The zero-order chi connectivity index (χ0) is 13.4. The molecule has 0 aromatic rings. The Balaban J connectivity index is 2.51. The van der Waals surface area contributed by atoms with Crippen molar-refractivity contribution in [1.82, 2.24) is 0 Å². The summed E-state index contributed by atoms with van der Waals surface area (Å²) in [7, 11) is -1.56. The number of hydrogen-bond donors (Lipinski definition) is 0. The highest BCUT2D eigenvalue weighted by molar-refractivity contribution is 6.69. The molecule has 102 valence electrons. The van der Waals surface area contributed by atoms with E-state index in [0.29, 0.717) is 5.92 Å². The minimum absolute atomic E-state index is 0.200. The normalized spacial score (nSPS) is 27.0. The largest absolute Gasteiger partial charge is 0.456 e. The van der Waals surface area contributed by atoms with Crippen molar-refractivity contribution in [2.45, 2.75) is 64.6 Å². The van der Waals surface area contributed by atoms with Crippen LogP contribution >= 0.6 is 0 Å². The molecule has 0 bridgehead atoms. The van der Waals surface area contributed by atoms with E-state index in [1.54, 1.807) is 0 Å². The molecule has 1 rings (SSSR count). The quantitative estimate of drug-likeness (QED) is 0.434. The van der Waals surface area contributed by atoms with Crippen molar-refractivity contribution >= 4 is 14.5 Å². The van der Waals surface area contributed by atoms with Crippen molar-refractivity contribution < 1.29 is 4.53 Å². The van der Waals surface area contributed by atoms with E-state index in [2.05, 4.69) is 30.9 Å². The van der Waals surface area contributed by atoms with Gasteiger partial charge in [-0.15, -0.1) is 5.16 Å². The van der Waals surface area contributed by atoms with Gasteiger partial charge >= 0.3 is 0 Å². The minimum Gasteiger partial charge on any atom is -0.456 e. The van der Waals surface area contributed by atoms with E-state index in [1.807, 2.05) is 6.21 Å². The van der Waals surface area contributed by atoms with Crippen LogP contribution in [-0.4, -0.2) is 14.5 Å². The van der Waals surface area contributed by atoms with Crippen molar-refractivity contribution in [2.75, 3.05) is 0 Å². The van der Waals surface area contributed by atoms with Crippen LogP contribution < -0.4 is 0 Å². The van der Waals surface area contributed by atoms with Crippen LogP contribution in [0.5, 0.6) is 0 Å². The Labute approximate surface area is 112 Å². The lowest BCUT2D eigenvalue weighted by molar-refractivity contribution is 0.331. The molecular formula is C14H26N2OSi. The van der Waals surface area contributed by atoms with Crippen molar-refractivity contribution in [3.8, 4) is 6.07 Å². The van der Waals surface area contributed by atoms with Gasteiger partial charge in [-0.25, -0.2) is 0 Å². The second kappa shape index (κ2) is 7.58. The van der Waals surface area contributed by atoms with Gasteiger partial charge in [-0.05, 0) is 44.8 Å². The van der Waals surface area contributed by atoms with Gasteiger partial charge in [0.1, 0.15) is 0 Å². The molecule has 2 unspecified atom stereocenters. The molecule has 18 heavy (non-hydrogen) atoms. The lowest BCUT2D eigenvalue weighted by Crippen LogP contribution is -2.22. The van der Waals surface area contributed by atoms with Crippen LogP contribution in [0.2, 0.25) is 19.6 Å². The van der Waals surface area contributed by atoms with E-state index in [4.69, 9.17) is 9.79 Å². The molecule has 0 amide bonds. The summed E-state index contributed by atoms with van der Waals surface area (Å²) >= 11 is 0. The van der Waals surface area contributed by atoms with E-state index in [0.717, 1.165) is 19.3 Å². The first-order chi connectivity index (χ1) is 8.51. The lowest BCUT2D eigenvalue weighted by Gasteiger charge is -2.16. The summed E-state index contributed by atoms with van der Waals surface area (Å²) in [5, 5.41) is 13.3. The third-order valence-corrected chi connectivity index (χ3v) is 3.90. The fourth-order valence-corrected chi connectivity index (χ4v) is 2.66. The van der Waals surface area contributed by atoms with Crippen molar-refractivity contribution in [2.24, 2.45) is 17.0 Å². The van der Waals surface area contributed by atoms with Gasteiger partial charge in [-0.2, -0.15) is 5.26 Å². The number of nitrogens with zero attached hydrogens (tertiary/aromatic N) is 2. The van der Waals surface area contributed by atoms with Gasteiger partial charge < -0.3 is 4.53 Å². The first-order valence-electron chi connectivity index (χ1n) is 7.12. The van der Waals surface area contributed by atoms with E-state index >= 15 is 0 Å². The maximum absolute atomic E-state index is 9.15. The van der Waals surface area contributed by atoms with Crippen LogP contribution in [0.1, 0.15) is 44.9 Å². The molecule has 0 radical (unpaired) electrons. The molecule has 0 heterocycles. The molecule has 2 atom stereocenters. The molecule has 0 N–H and O–H groups in total. The second-order valence-electron chi connectivity index (χ2n) is 6.27. The number of nitriles is 1. The molecule has 1 saturated carbocycles. The van der Waals surface area contributed by atoms with Gasteiger partial charge in [0.15, 0.2) is 0 Å². The monoisotopic (exact) mass is 266 g/mol. The van der Waals surface area contributed by atoms with E-state index < -0.39 is 8.32 Å². The summed E-state index contributed by atoms with van der Waals surface area (Å²) in [6.07, 6.45) is 10.1. The molecule has 0 spiro atoms. The number of oxime groups is 1. The highest BCUT2D eigenvalue weighted by Gasteiger charge is 2.18. The maximum Gasteiger partial charge on any atom is 0.278 e. The molecule has 1 aliphatic carbocycles. The van der Waals surface area contributed by atoms with Crippen LogP contribution in [0, 0.1) is 23.2 Å². The maximum atomic E-state index is 9.15. The Bertz CT molecular complexity index is 304. The third kappa shape index (κ3) is 6.80. The van der Waals surface area contributed by atoms with Crippen LogP contribution in [-0.2, 0) is 4.53 Å². The average molecular weight is 266 g/mol. The van der Waals surface area contributed by atoms with Crippen LogP contribution in [0.3, 0.4) is 0 Å². The van der Waals surface area contributed by atoms with Crippen LogP contribution in [0.4, 0.5) is 0 Å². The Morgan fingerprint density at radius 1 is 1.17 bits per heavy atom. The fourth-order valence-electron chi connectivity index (χ4n) is 2.28. The molecule has 3 nitrogen and oxygen atoms in total. The Kier molecular flexibility index (Phi) is 6.41. The summed E-state index contributed by atoms with van der Waals surface area (Å²) in [6.45, 7) is 6.39. The molecule has 1 aliphatic rings. The second-order valence-corrected chi connectivity index (χ2v) is 10.7. The summed E-state index contributed by atoms with van der Waals surface area (Å²) in [5.41, 5.74) is 0. The molecule has 0 saturated heterocycles. The number of hydrogen-bond acceptors (Lipinski definition) is 3. The van der Waals surface area contributed by atoms with Gasteiger partial charge in [-0.1, -0.05) is 25.7 Å². The molecule has 4 heteroatoms. The minimum atomic E-state index is -1.56. The Morgan fingerprint density at radius 2 is 1.83 bits per heavy atom. The van der Waals surface area contributed by atoms with E-state index in [9.17, 15) is 0 Å². The Hall–Kier alpha value is -0.823. The van der Waals surface area contributed by atoms with Gasteiger partial charge in [0.2, 0.25) is 0 Å². The van der Waals surface area contributed by atoms with Crippen LogP contribution in [0.25, 0.3) is 0 Å². The number of rotatable bonds is 3. The summed E-state index contributed by atoms with van der Waals surface area (Å²) < 4.78 is 5.53. The molecule has 0 aromatic carbocycles. The average Bonchev–Trinajstić information content (AvgIpc) is 2.39. The highest BCUT2D eigenvalue weighted by Crippen LogP contribution is 2.25. The van der Waals surface area contributed by atoms with Crippen LogP contribution in [0.15, 0.2) is 5.16 Å².